The van der Waals surface area contributed by atoms with E-state index in [-0.39, 0.29) is 0 Å². The number of methoxy groups -OCH3 is 1. The Kier molecular flexibility index (Phi) is 4.06. The van der Waals surface area contributed by atoms with Gasteiger partial charge in [0.05, 0.1) is 12.6 Å². The van der Waals surface area contributed by atoms with Crippen molar-refractivity contribution in [2.24, 2.45) is 5.10 Å². The maximum Gasteiger partial charge on any atom is 0.231 e. The van der Waals surface area contributed by atoms with E-state index < -0.39 is 0 Å². The van der Waals surface area contributed by atoms with Gasteiger partial charge in [0.1, 0.15) is 0 Å². The van der Waals surface area contributed by atoms with Gasteiger partial charge in [-0.1, -0.05) is 6.07 Å². The van der Waals surface area contributed by atoms with E-state index in [4.69, 9.17) is 14.2 Å². The first kappa shape index (κ1) is 13.2. The highest BCUT2D eigenvalue weighted by Gasteiger charge is 2.22. The standard InChI is InChI=1S/C15H20N2O3/c1-18-10-13-3-2-8-17(13)16-7-6-12-4-5-14-15(9-12)20-11-19-14/h4-5,7,9,13H,2-3,6,8,10-11H2,1H3/b16-7+/t13-/m0/s1. The summed E-state index contributed by atoms with van der Waals surface area (Å²) in [6, 6.07) is 6.45. The van der Waals surface area contributed by atoms with Crippen molar-refractivity contribution in [3.63, 3.8) is 0 Å². The predicted molar refractivity (Wildman–Crippen MR) is 76.4 cm³/mol. The van der Waals surface area contributed by atoms with Crippen molar-refractivity contribution in [2.75, 3.05) is 27.1 Å². The summed E-state index contributed by atoms with van der Waals surface area (Å²) >= 11 is 0. The van der Waals surface area contributed by atoms with E-state index in [1.165, 1.54) is 12.0 Å². The summed E-state index contributed by atoms with van der Waals surface area (Å²) in [5, 5.41) is 6.70. The van der Waals surface area contributed by atoms with Crippen LogP contribution in [0.2, 0.25) is 0 Å². The Bertz CT molecular complexity index is 490. The van der Waals surface area contributed by atoms with Crippen LogP contribution in [0.1, 0.15) is 18.4 Å². The topological polar surface area (TPSA) is 43.3 Å². The molecule has 108 valence electrons. The lowest BCUT2D eigenvalue weighted by Crippen LogP contribution is -2.28. The normalized spacial score (nSPS) is 21.1. The number of rotatable bonds is 5. The molecule has 5 heteroatoms. The Hall–Kier alpha value is -1.75. The third-order valence-electron chi connectivity index (χ3n) is 3.70. The maximum absolute atomic E-state index is 5.37. The highest BCUT2D eigenvalue weighted by Crippen LogP contribution is 2.32. The molecule has 0 bridgehead atoms. The Morgan fingerprint density at radius 2 is 2.30 bits per heavy atom. The number of ether oxygens (including phenoxy) is 3. The van der Waals surface area contributed by atoms with Crippen LogP contribution < -0.4 is 9.47 Å². The molecule has 1 atom stereocenters. The lowest BCUT2D eigenvalue weighted by molar-refractivity contribution is 0.118. The zero-order chi connectivity index (χ0) is 13.8. The van der Waals surface area contributed by atoms with Crippen molar-refractivity contribution in [2.45, 2.75) is 25.3 Å². The number of fused-ring (bicyclic) bond motifs is 1. The molecule has 2 aliphatic rings. The highest BCUT2D eigenvalue weighted by atomic mass is 16.7. The molecule has 0 radical (unpaired) electrons. The summed E-state index contributed by atoms with van der Waals surface area (Å²) in [6.07, 6.45) is 5.11. The van der Waals surface area contributed by atoms with Gasteiger partial charge >= 0.3 is 0 Å². The van der Waals surface area contributed by atoms with Crippen LogP contribution in [0.25, 0.3) is 0 Å². The maximum atomic E-state index is 5.37. The highest BCUT2D eigenvalue weighted by molar-refractivity contribution is 5.62. The van der Waals surface area contributed by atoms with Crippen LogP contribution in [0.3, 0.4) is 0 Å². The fourth-order valence-corrected chi connectivity index (χ4v) is 2.65. The smallest absolute Gasteiger partial charge is 0.231 e. The summed E-state index contributed by atoms with van der Waals surface area (Å²) in [7, 11) is 1.74. The summed E-state index contributed by atoms with van der Waals surface area (Å²) in [5.74, 6) is 1.65. The van der Waals surface area contributed by atoms with Gasteiger partial charge in [0.25, 0.3) is 0 Å². The molecule has 1 saturated heterocycles. The van der Waals surface area contributed by atoms with Gasteiger partial charge in [0.15, 0.2) is 11.5 Å². The molecule has 0 saturated carbocycles. The Balaban J connectivity index is 1.57. The molecule has 1 aromatic rings. The molecule has 5 nitrogen and oxygen atoms in total. The average molecular weight is 276 g/mol. The first-order valence-electron chi connectivity index (χ1n) is 7.03. The first-order valence-corrected chi connectivity index (χ1v) is 7.03. The largest absolute Gasteiger partial charge is 0.454 e. The molecular formula is C15H20N2O3. The summed E-state index contributed by atoms with van der Waals surface area (Å²) in [4.78, 5) is 0. The minimum Gasteiger partial charge on any atom is -0.454 e. The first-order chi connectivity index (χ1) is 9.86. The number of nitrogens with zero attached hydrogens (tertiary/aromatic N) is 2. The van der Waals surface area contributed by atoms with Crippen LogP contribution >= 0.6 is 0 Å². The molecule has 0 amide bonds. The number of hydrogen-bond acceptors (Lipinski definition) is 5. The van der Waals surface area contributed by atoms with Gasteiger partial charge < -0.3 is 14.2 Å². The predicted octanol–water partition coefficient (Wildman–Crippen LogP) is 2.05. The molecule has 0 N–H and O–H groups in total. The van der Waals surface area contributed by atoms with E-state index in [2.05, 4.69) is 16.2 Å². The van der Waals surface area contributed by atoms with E-state index in [0.29, 0.717) is 12.8 Å². The van der Waals surface area contributed by atoms with Crippen LogP contribution in [0, 0.1) is 0 Å². The van der Waals surface area contributed by atoms with Crippen molar-refractivity contribution in [1.29, 1.82) is 0 Å². The van der Waals surface area contributed by atoms with Gasteiger partial charge in [-0.05, 0) is 30.5 Å². The number of benzene rings is 1. The number of hydrogen-bond donors (Lipinski definition) is 0. The summed E-state index contributed by atoms with van der Waals surface area (Å²) < 4.78 is 15.9. The lowest BCUT2D eigenvalue weighted by atomic mass is 10.1. The lowest BCUT2D eigenvalue weighted by Gasteiger charge is -2.20. The third kappa shape index (κ3) is 2.88. The second-order valence-corrected chi connectivity index (χ2v) is 5.10. The van der Waals surface area contributed by atoms with Crippen LogP contribution in [0.5, 0.6) is 11.5 Å². The molecule has 1 aromatic carbocycles. The van der Waals surface area contributed by atoms with E-state index in [1.54, 1.807) is 7.11 Å². The summed E-state index contributed by atoms with van der Waals surface area (Å²) in [6.45, 7) is 2.09. The summed E-state index contributed by atoms with van der Waals surface area (Å²) in [5.41, 5.74) is 1.18. The van der Waals surface area contributed by atoms with Crippen molar-refractivity contribution in [3.05, 3.63) is 23.8 Å². The van der Waals surface area contributed by atoms with E-state index >= 15 is 0 Å². The molecule has 0 aromatic heterocycles. The second-order valence-electron chi connectivity index (χ2n) is 5.10. The van der Waals surface area contributed by atoms with Crippen molar-refractivity contribution in [1.82, 2.24) is 5.01 Å². The SMILES string of the molecule is COC[C@@H]1CCCN1/N=C/Cc1ccc2c(c1)OCO2. The van der Waals surface area contributed by atoms with Crippen LogP contribution in [-0.4, -0.2) is 44.3 Å². The van der Waals surface area contributed by atoms with E-state index in [1.807, 2.05) is 18.3 Å². The van der Waals surface area contributed by atoms with Gasteiger partial charge in [-0.2, -0.15) is 5.10 Å². The van der Waals surface area contributed by atoms with Gasteiger partial charge in [0.2, 0.25) is 6.79 Å². The van der Waals surface area contributed by atoms with Crippen molar-refractivity contribution >= 4 is 6.21 Å². The molecular weight excluding hydrogens is 256 g/mol. The van der Waals surface area contributed by atoms with Gasteiger partial charge in [-0.3, -0.25) is 5.01 Å². The van der Waals surface area contributed by atoms with Crippen LogP contribution in [0.4, 0.5) is 0 Å². The molecule has 0 spiro atoms. The quantitative estimate of drug-likeness (QED) is 0.772. The van der Waals surface area contributed by atoms with E-state index in [0.717, 1.165) is 37.5 Å². The van der Waals surface area contributed by atoms with Crippen molar-refractivity contribution < 1.29 is 14.2 Å². The minimum absolute atomic E-state index is 0.319. The Morgan fingerprint density at radius 1 is 1.40 bits per heavy atom. The van der Waals surface area contributed by atoms with Crippen molar-refractivity contribution in [3.8, 4) is 11.5 Å². The average Bonchev–Trinajstić information content (AvgIpc) is 3.08. The molecule has 0 aliphatic carbocycles. The third-order valence-corrected chi connectivity index (χ3v) is 3.70. The van der Waals surface area contributed by atoms with Crippen LogP contribution in [-0.2, 0) is 11.2 Å². The minimum atomic E-state index is 0.319. The Labute approximate surface area is 119 Å². The molecule has 2 aliphatic heterocycles. The molecule has 1 fully saturated rings. The molecule has 0 unspecified atom stereocenters. The van der Waals surface area contributed by atoms with Gasteiger partial charge in [-0.15, -0.1) is 0 Å². The van der Waals surface area contributed by atoms with Crippen LogP contribution in [0.15, 0.2) is 23.3 Å². The fraction of sp³-hybridized carbons (Fsp3) is 0.533. The number of hydrazone groups is 1. The molecule has 3 rings (SSSR count). The molecule has 20 heavy (non-hydrogen) atoms. The monoisotopic (exact) mass is 276 g/mol. The van der Waals surface area contributed by atoms with Gasteiger partial charge in [-0.25, -0.2) is 0 Å². The second kappa shape index (κ2) is 6.13. The zero-order valence-electron chi connectivity index (χ0n) is 11.7. The van der Waals surface area contributed by atoms with Gasteiger partial charge in [0, 0.05) is 26.3 Å². The molecule has 2 heterocycles. The Morgan fingerprint density at radius 3 is 3.20 bits per heavy atom. The van der Waals surface area contributed by atoms with E-state index in [9.17, 15) is 0 Å². The zero-order valence-corrected chi connectivity index (χ0v) is 11.7. The fourth-order valence-electron chi connectivity index (χ4n) is 2.65.